The zero-order valence-electron chi connectivity index (χ0n) is 10.0. The molecule has 90 valence electrons. The average molecular weight is 232 g/mol. The molecule has 0 spiro atoms. The SMILES string of the molecule is Cn1cc(CNC2CCC2)c2cccc(F)c21. The molecule has 1 aliphatic carbocycles. The zero-order valence-corrected chi connectivity index (χ0v) is 10.0. The van der Waals surface area contributed by atoms with E-state index in [2.05, 4.69) is 5.32 Å². The van der Waals surface area contributed by atoms with Gasteiger partial charge in [0.25, 0.3) is 0 Å². The topological polar surface area (TPSA) is 17.0 Å². The molecule has 0 bridgehead atoms. The van der Waals surface area contributed by atoms with Crippen LogP contribution in [0.2, 0.25) is 0 Å². The maximum absolute atomic E-state index is 13.7. The minimum absolute atomic E-state index is 0.139. The van der Waals surface area contributed by atoms with Gasteiger partial charge in [-0.2, -0.15) is 0 Å². The summed E-state index contributed by atoms with van der Waals surface area (Å²) < 4.78 is 15.6. The standard InChI is InChI=1S/C14H17FN2/c1-17-9-10(8-16-11-4-2-5-11)12-6-3-7-13(15)14(12)17/h3,6-7,9,11,16H,2,4-5,8H2,1H3. The Morgan fingerprint density at radius 1 is 1.41 bits per heavy atom. The summed E-state index contributed by atoms with van der Waals surface area (Å²) in [7, 11) is 1.90. The van der Waals surface area contributed by atoms with Crippen molar-refractivity contribution in [2.45, 2.75) is 31.8 Å². The van der Waals surface area contributed by atoms with Crippen LogP contribution in [0.5, 0.6) is 0 Å². The normalized spacial score (nSPS) is 16.4. The highest BCUT2D eigenvalue weighted by Gasteiger charge is 2.17. The van der Waals surface area contributed by atoms with Crippen molar-refractivity contribution in [1.82, 2.24) is 9.88 Å². The number of aromatic nitrogens is 1. The monoisotopic (exact) mass is 232 g/mol. The van der Waals surface area contributed by atoms with E-state index in [4.69, 9.17) is 0 Å². The molecule has 2 aromatic rings. The van der Waals surface area contributed by atoms with Crippen LogP contribution >= 0.6 is 0 Å². The highest BCUT2D eigenvalue weighted by atomic mass is 19.1. The average Bonchev–Trinajstić information content (AvgIpc) is 2.55. The summed E-state index contributed by atoms with van der Waals surface area (Å²) in [5, 5.41) is 4.55. The first kappa shape index (κ1) is 10.8. The Bertz CT molecular complexity index is 540. The third-order valence-corrected chi connectivity index (χ3v) is 3.72. The lowest BCUT2D eigenvalue weighted by Crippen LogP contribution is -2.34. The molecule has 1 heterocycles. The molecule has 0 unspecified atom stereocenters. The lowest BCUT2D eigenvalue weighted by atomic mass is 9.93. The van der Waals surface area contributed by atoms with E-state index in [0.717, 1.165) is 11.9 Å². The maximum atomic E-state index is 13.7. The molecule has 1 aromatic carbocycles. The smallest absolute Gasteiger partial charge is 0.147 e. The van der Waals surface area contributed by atoms with E-state index in [9.17, 15) is 4.39 Å². The van der Waals surface area contributed by atoms with Crippen LogP contribution in [0.1, 0.15) is 24.8 Å². The first-order valence-electron chi connectivity index (χ1n) is 6.21. The molecule has 2 nitrogen and oxygen atoms in total. The first-order valence-corrected chi connectivity index (χ1v) is 6.21. The van der Waals surface area contributed by atoms with Gasteiger partial charge in [0.1, 0.15) is 5.82 Å². The van der Waals surface area contributed by atoms with Gasteiger partial charge < -0.3 is 9.88 Å². The van der Waals surface area contributed by atoms with E-state index in [-0.39, 0.29) is 5.82 Å². The van der Waals surface area contributed by atoms with Crippen molar-refractivity contribution in [1.29, 1.82) is 0 Å². The van der Waals surface area contributed by atoms with Crippen LogP contribution in [-0.2, 0) is 13.6 Å². The van der Waals surface area contributed by atoms with Crippen LogP contribution in [0, 0.1) is 5.82 Å². The molecule has 1 fully saturated rings. The lowest BCUT2D eigenvalue weighted by Gasteiger charge is -2.26. The first-order chi connectivity index (χ1) is 8.25. The third kappa shape index (κ3) is 1.84. The van der Waals surface area contributed by atoms with Gasteiger partial charge in [0.05, 0.1) is 5.52 Å². The number of hydrogen-bond donors (Lipinski definition) is 1. The molecule has 0 radical (unpaired) electrons. The number of fused-ring (bicyclic) bond motifs is 1. The largest absolute Gasteiger partial charge is 0.348 e. The van der Waals surface area contributed by atoms with Crippen LogP contribution in [0.15, 0.2) is 24.4 Å². The second kappa shape index (κ2) is 4.15. The zero-order chi connectivity index (χ0) is 11.8. The summed E-state index contributed by atoms with van der Waals surface area (Å²) in [5.74, 6) is -0.139. The minimum Gasteiger partial charge on any atom is -0.348 e. The van der Waals surface area contributed by atoms with Crippen LogP contribution in [0.4, 0.5) is 4.39 Å². The fraction of sp³-hybridized carbons (Fsp3) is 0.429. The number of aryl methyl sites for hydroxylation is 1. The van der Waals surface area contributed by atoms with Crippen LogP contribution < -0.4 is 5.32 Å². The predicted molar refractivity (Wildman–Crippen MR) is 67.4 cm³/mol. The van der Waals surface area contributed by atoms with Crippen molar-refractivity contribution >= 4 is 10.9 Å². The highest BCUT2D eigenvalue weighted by molar-refractivity contribution is 5.84. The molecule has 1 saturated carbocycles. The predicted octanol–water partition coefficient (Wildman–Crippen LogP) is 2.96. The van der Waals surface area contributed by atoms with Crippen molar-refractivity contribution in [3.05, 3.63) is 35.8 Å². The number of benzene rings is 1. The number of rotatable bonds is 3. The van der Waals surface area contributed by atoms with Gasteiger partial charge in [-0.1, -0.05) is 18.6 Å². The Hall–Kier alpha value is -1.35. The molecule has 1 aliphatic rings. The van der Waals surface area contributed by atoms with Gasteiger partial charge in [0.15, 0.2) is 0 Å². The number of para-hydroxylation sites is 1. The fourth-order valence-corrected chi connectivity index (χ4v) is 2.51. The van der Waals surface area contributed by atoms with Gasteiger partial charge in [-0.05, 0) is 24.5 Å². The van der Waals surface area contributed by atoms with Gasteiger partial charge in [0.2, 0.25) is 0 Å². The molecular weight excluding hydrogens is 215 g/mol. The Morgan fingerprint density at radius 2 is 2.24 bits per heavy atom. The van der Waals surface area contributed by atoms with Crippen molar-refractivity contribution in [2.75, 3.05) is 0 Å². The van der Waals surface area contributed by atoms with E-state index >= 15 is 0 Å². The summed E-state index contributed by atoms with van der Waals surface area (Å²) in [6.45, 7) is 0.839. The fourth-order valence-electron chi connectivity index (χ4n) is 2.51. The quantitative estimate of drug-likeness (QED) is 0.861. The molecular formula is C14H17FN2. The molecule has 1 N–H and O–H groups in total. The summed E-state index contributed by atoms with van der Waals surface area (Å²) in [5.41, 5.74) is 1.90. The second-order valence-corrected chi connectivity index (χ2v) is 4.91. The summed E-state index contributed by atoms with van der Waals surface area (Å²) in [6.07, 6.45) is 5.92. The Labute approximate surface area is 100 Å². The highest BCUT2D eigenvalue weighted by Crippen LogP contribution is 2.24. The molecule has 0 aliphatic heterocycles. The van der Waals surface area contributed by atoms with E-state index < -0.39 is 0 Å². The summed E-state index contributed by atoms with van der Waals surface area (Å²) >= 11 is 0. The van der Waals surface area contributed by atoms with Crippen molar-refractivity contribution in [3.63, 3.8) is 0 Å². The van der Waals surface area contributed by atoms with Crippen molar-refractivity contribution < 1.29 is 4.39 Å². The maximum Gasteiger partial charge on any atom is 0.147 e. The number of hydrogen-bond acceptors (Lipinski definition) is 1. The number of nitrogens with one attached hydrogen (secondary N) is 1. The van der Waals surface area contributed by atoms with Crippen LogP contribution in [0.25, 0.3) is 10.9 Å². The van der Waals surface area contributed by atoms with Crippen molar-refractivity contribution in [3.8, 4) is 0 Å². The number of nitrogens with zero attached hydrogens (tertiary/aromatic N) is 1. The molecule has 1 aromatic heterocycles. The minimum atomic E-state index is -0.139. The molecule has 17 heavy (non-hydrogen) atoms. The van der Waals surface area contributed by atoms with E-state index in [0.29, 0.717) is 11.6 Å². The van der Waals surface area contributed by atoms with Gasteiger partial charge in [-0.3, -0.25) is 0 Å². The summed E-state index contributed by atoms with van der Waals surface area (Å²) in [6, 6.07) is 5.96. The van der Waals surface area contributed by atoms with Gasteiger partial charge in [0, 0.05) is 31.2 Å². The van der Waals surface area contributed by atoms with Crippen molar-refractivity contribution in [2.24, 2.45) is 7.05 Å². The van der Waals surface area contributed by atoms with Gasteiger partial charge in [-0.25, -0.2) is 4.39 Å². The Morgan fingerprint density at radius 3 is 2.94 bits per heavy atom. The molecule has 3 rings (SSSR count). The van der Waals surface area contributed by atoms with E-state index in [1.54, 1.807) is 6.07 Å². The number of halogens is 1. The van der Waals surface area contributed by atoms with Crippen LogP contribution in [-0.4, -0.2) is 10.6 Å². The molecule has 0 saturated heterocycles. The van der Waals surface area contributed by atoms with E-state index in [1.807, 2.05) is 23.9 Å². The van der Waals surface area contributed by atoms with Crippen LogP contribution in [0.3, 0.4) is 0 Å². The molecule has 0 amide bonds. The summed E-state index contributed by atoms with van der Waals surface area (Å²) in [4.78, 5) is 0. The van der Waals surface area contributed by atoms with E-state index in [1.165, 1.54) is 30.9 Å². The third-order valence-electron chi connectivity index (χ3n) is 3.72. The molecule has 3 heteroatoms. The van der Waals surface area contributed by atoms with Gasteiger partial charge in [-0.15, -0.1) is 0 Å². The second-order valence-electron chi connectivity index (χ2n) is 4.91. The molecule has 0 atom stereocenters. The Kier molecular flexibility index (Phi) is 2.63. The lowest BCUT2D eigenvalue weighted by molar-refractivity contribution is 0.338. The Balaban J connectivity index is 1.90. The van der Waals surface area contributed by atoms with Gasteiger partial charge >= 0.3 is 0 Å².